The Morgan fingerprint density at radius 2 is 2.17 bits per heavy atom. The van der Waals surface area contributed by atoms with Crippen molar-refractivity contribution in [3.63, 3.8) is 0 Å². The Labute approximate surface area is 175 Å². The normalized spacial score (nSPS) is 15.9. The number of nitrogens with zero attached hydrogens (tertiary/aromatic N) is 4. The van der Waals surface area contributed by atoms with E-state index in [1.807, 2.05) is 25.1 Å². The first-order valence-electron chi connectivity index (χ1n) is 9.74. The molecule has 1 saturated heterocycles. The van der Waals surface area contributed by atoms with Gasteiger partial charge in [0.05, 0.1) is 31.0 Å². The second-order valence-corrected chi connectivity index (χ2v) is 7.09. The summed E-state index contributed by atoms with van der Waals surface area (Å²) in [6.07, 6.45) is 6.46. The number of ether oxygens (including phenoxy) is 1. The molecule has 8 heteroatoms. The van der Waals surface area contributed by atoms with E-state index >= 15 is 0 Å². The summed E-state index contributed by atoms with van der Waals surface area (Å²) >= 11 is 0. The molecule has 1 aliphatic rings. The fourth-order valence-corrected chi connectivity index (χ4v) is 3.30. The number of rotatable bonds is 4. The van der Waals surface area contributed by atoms with Gasteiger partial charge < -0.3 is 20.4 Å². The third kappa shape index (κ3) is 4.16. The van der Waals surface area contributed by atoms with Crippen LogP contribution in [0.15, 0.2) is 36.8 Å². The number of morpholine rings is 1. The van der Waals surface area contributed by atoms with E-state index in [1.165, 1.54) is 6.21 Å². The van der Waals surface area contributed by atoms with E-state index in [-0.39, 0.29) is 6.04 Å². The van der Waals surface area contributed by atoms with Crippen molar-refractivity contribution in [3.05, 3.63) is 59.0 Å². The topological polar surface area (TPSA) is 103 Å². The van der Waals surface area contributed by atoms with Crippen LogP contribution >= 0.6 is 0 Å². The van der Waals surface area contributed by atoms with Crippen LogP contribution in [0.3, 0.4) is 0 Å². The van der Waals surface area contributed by atoms with Crippen molar-refractivity contribution in [2.24, 2.45) is 0 Å². The van der Waals surface area contributed by atoms with Gasteiger partial charge in [0, 0.05) is 42.3 Å². The maximum Gasteiger partial charge on any atom is 0.144 e. The number of pyridine rings is 2. The number of aromatic nitrogens is 4. The smallest absolute Gasteiger partial charge is 0.144 e. The predicted molar refractivity (Wildman–Crippen MR) is 117 cm³/mol. The molecule has 0 bridgehead atoms. The van der Waals surface area contributed by atoms with Gasteiger partial charge in [0.2, 0.25) is 0 Å². The van der Waals surface area contributed by atoms with Gasteiger partial charge in [0.15, 0.2) is 0 Å². The van der Waals surface area contributed by atoms with Gasteiger partial charge in [-0.25, -0.2) is 4.98 Å². The molecule has 3 aromatic rings. The Balaban J connectivity index is 1.81. The van der Waals surface area contributed by atoms with E-state index in [2.05, 4.69) is 44.2 Å². The summed E-state index contributed by atoms with van der Waals surface area (Å²) in [4.78, 5) is 11.1. The van der Waals surface area contributed by atoms with Gasteiger partial charge in [-0.3, -0.25) is 10.1 Å². The fourth-order valence-electron chi connectivity index (χ4n) is 3.30. The summed E-state index contributed by atoms with van der Waals surface area (Å²) in [5.41, 5.74) is 3.26. The van der Waals surface area contributed by atoms with E-state index < -0.39 is 0 Å². The highest BCUT2D eigenvalue weighted by molar-refractivity contribution is 5.90. The molecule has 8 nitrogen and oxygen atoms in total. The third-order valence-corrected chi connectivity index (χ3v) is 4.96. The lowest BCUT2D eigenvalue weighted by atomic mass is 10.1. The van der Waals surface area contributed by atoms with Crippen molar-refractivity contribution >= 4 is 23.7 Å². The predicted octanol–water partition coefficient (Wildman–Crippen LogP) is 2.87. The molecule has 4 heterocycles. The molecule has 0 aliphatic carbocycles. The van der Waals surface area contributed by atoms with Gasteiger partial charge in [-0.15, -0.1) is 0 Å². The molecule has 0 unspecified atom stereocenters. The lowest BCUT2D eigenvalue weighted by molar-refractivity contribution is 0.0985. The van der Waals surface area contributed by atoms with Crippen molar-refractivity contribution in [2.45, 2.75) is 19.9 Å². The SMILES string of the molecule is Cc1cnccc1C#Cc1cc(N2CCOC[C@H]2C)nc(Nc2ccn[nH]2)c1C=N. The highest BCUT2D eigenvalue weighted by Crippen LogP contribution is 2.27. The number of nitrogens with one attached hydrogen (secondary N) is 3. The van der Waals surface area contributed by atoms with Crippen LogP contribution < -0.4 is 10.2 Å². The molecule has 0 radical (unpaired) electrons. The molecule has 0 saturated carbocycles. The fraction of sp³-hybridized carbons (Fsp3) is 0.273. The molecule has 0 spiro atoms. The van der Waals surface area contributed by atoms with Crippen LogP contribution in [0.4, 0.5) is 17.5 Å². The molecular formula is C22H23N7O. The Bertz CT molecular complexity index is 1100. The summed E-state index contributed by atoms with van der Waals surface area (Å²) in [5.74, 6) is 8.51. The molecule has 152 valence electrons. The van der Waals surface area contributed by atoms with Crippen LogP contribution in [-0.4, -0.2) is 52.2 Å². The van der Waals surface area contributed by atoms with Crippen LogP contribution in [0, 0.1) is 24.2 Å². The molecule has 1 aliphatic heterocycles. The standard InChI is InChI=1S/C22H23N7O/c1-15-13-24-7-5-17(15)3-4-18-11-21(29-9-10-30-14-16(29)2)27-22(19(18)12-23)26-20-6-8-25-28-20/h5-8,11-13,16,23H,9-10,14H2,1-2H3,(H2,25,26,27,28)/t16-/m1/s1. The molecule has 3 N–H and O–H groups in total. The first-order chi connectivity index (χ1) is 14.7. The summed E-state index contributed by atoms with van der Waals surface area (Å²) in [5, 5.41) is 18.1. The molecular weight excluding hydrogens is 378 g/mol. The largest absolute Gasteiger partial charge is 0.377 e. The zero-order valence-electron chi connectivity index (χ0n) is 16.9. The summed E-state index contributed by atoms with van der Waals surface area (Å²) in [6, 6.07) is 5.84. The number of aromatic amines is 1. The minimum absolute atomic E-state index is 0.195. The maximum atomic E-state index is 7.99. The van der Waals surface area contributed by atoms with Crippen molar-refractivity contribution in [3.8, 4) is 11.8 Å². The minimum Gasteiger partial charge on any atom is -0.377 e. The Kier molecular flexibility index (Phi) is 5.72. The third-order valence-electron chi connectivity index (χ3n) is 4.96. The molecule has 0 aromatic carbocycles. The van der Waals surface area contributed by atoms with Gasteiger partial charge in [0.25, 0.3) is 0 Å². The number of hydrogen-bond acceptors (Lipinski definition) is 7. The minimum atomic E-state index is 0.195. The van der Waals surface area contributed by atoms with Crippen LogP contribution in [-0.2, 0) is 4.74 Å². The molecule has 0 amide bonds. The lowest BCUT2D eigenvalue weighted by Crippen LogP contribution is -2.44. The second-order valence-electron chi connectivity index (χ2n) is 7.09. The summed E-state index contributed by atoms with van der Waals surface area (Å²) in [6.45, 7) is 6.14. The Morgan fingerprint density at radius 3 is 2.90 bits per heavy atom. The first-order valence-corrected chi connectivity index (χ1v) is 9.74. The Hall–Kier alpha value is -3.70. The second kappa shape index (κ2) is 8.76. The van der Waals surface area contributed by atoms with Crippen LogP contribution in [0.2, 0.25) is 0 Å². The van der Waals surface area contributed by atoms with Crippen LogP contribution in [0.25, 0.3) is 0 Å². The number of aryl methyl sites for hydroxylation is 1. The highest BCUT2D eigenvalue weighted by Gasteiger charge is 2.22. The van der Waals surface area contributed by atoms with Gasteiger partial charge >= 0.3 is 0 Å². The van der Waals surface area contributed by atoms with Crippen molar-refractivity contribution in [1.29, 1.82) is 5.41 Å². The van der Waals surface area contributed by atoms with Crippen molar-refractivity contribution < 1.29 is 4.74 Å². The summed E-state index contributed by atoms with van der Waals surface area (Å²) < 4.78 is 5.57. The number of hydrogen-bond donors (Lipinski definition) is 3. The zero-order valence-corrected chi connectivity index (χ0v) is 16.9. The quantitative estimate of drug-likeness (QED) is 0.459. The molecule has 30 heavy (non-hydrogen) atoms. The van der Waals surface area contributed by atoms with E-state index in [4.69, 9.17) is 15.1 Å². The molecule has 1 fully saturated rings. The zero-order chi connectivity index (χ0) is 20.9. The van der Waals surface area contributed by atoms with E-state index in [1.54, 1.807) is 18.6 Å². The van der Waals surface area contributed by atoms with Gasteiger partial charge in [-0.05, 0) is 31.5 Å². The van der Waals surface area contributed by atoms with Gasteiger partial charge in [0.1, 0.15) is 17.5 Å². The number of H-pyrrole nitrogens is 1. The molecule has 3 aromatic heterocycles. The van der Waals surface area contributed by atoms with Crippen molar-refractivity contribution in [1.82, 2.24) is 20.2 Å². The van der Waals surface area contributed by atoms with Gasteiger partial charge in [-0.2, -0.15) is 5.10 Å². The van der Waals surface area contributed by atoms with E-state index in [0.717, 1.165) is 29.1 Å². The molecule has 1 atom stereocenters. The highest BCUT2D eigenvalue weighted by atomic mass is 16.5. The monoisotopic (exact) mass is 401 g/mol. The summed E-state index contributed by atoms with van der Waals surface area (Å²) in [7, 11) is 0. The van der Waals surface area contributed by atoms with E-state index in [9.17, 15) is 0 Å². The lowest BCUT2D eigenvalue weighted by Gasteiger charge is -2.34. The Morgan fingerprint density at radius 1 is 1.30 bits per heavy atom. The molecule has 4 rings (SSSR count). The number of anilines is 3. The average Bonchev–Trinajstić information content (AvgIpc) is 3.26. The average molecular weight is 401 g/mol. The van der Waals surface area contributed by atoms with Gasteiger partial charge in [-0.1, -0.05) is 11.8 Å². The first kappa shape index (κ1) is 19.6. The van der Waals surface area contributed by atoms with Crippen molar-refractivity contribution in [2.75, 3.05) is 30.0 Å². The van der Waals surface area contributed by atoms with Crippen LogP contribution in [0.5, 0.6) is 0 Å². The van der Waals surface area contributed by atoms with Crippen LogP contribution in [0.1, 0.15) is 29.2 Å². The maximum absolute atomic E-state index is 7.99. The van der Waals surface area contributed by atoms with E-state index in [0.29, 0.717) is 30.4 Å².